The highest BCUT2D eigenvalue weighted by atomic mass is 16.3. The molecule has 3 unspecified atom stereocenters. The van der Waals surface area contributed by atoms with Crippen molar-refractivity contribution in [1.29, 1.82) is 0 Å². The van der Waals surface area contributed by atoms with Gasteiger partial charge in [-0.3, -0.25) is 4.79 Å². The van der Waals surface area contributed by atoms with Crippen LogP contribution in [0.5, 0.6) is 0 Å². The molecule has 1 saturated carbocycles. The summed E-state index contributed by atoms with van der Waals surface area (Å²) in [5, 5.41) is 10.2. The molecule has 3 heteroatoms. The molecule has 1 saturated heterocycles. The molecule has 1 aliphatic heterocycles. The number of amides is 1. The Morgan fingerprint density at radius 3 is 2.57 bits per heavy atom. The fraction of sp³-hybridized carbons (Fsp3) is 0.944. The van der Waals surface area contributed by atoms with Crippen molar-refractivity contribution in [3.8, 4) is 0 Å². The normalized spacial score (nSPS) is 29.8. The molecular formula is C18H33NO2. The van der Waals surface area contributed by atoms with E-state index >= 15 is 0 Å². The molecule has 0 aromatic carbocycles. The lowest BCUT2D eigenvalue weighted by atomic mass is 9.87. The summed E-state index contributed by atoms with van der Waals surface area (Å²) in [5.74, 6) is 0.685. The molecule has 21 heavy (non-hydrogen) atoms. The van der Waals surface area contributed by atoms with Crippen molar-refractivity contribution in [3.63, 3.8) is 0 Å². The van der Waals surface area contributed by atoms with Crippen molar-refractivity contribution in [2.24, 2.45) is 5.92 Å². The van der Waals surface area contributed by atoms with E-state index < -0.39 is 0 Å². The first-order valence-electron chi connectivity index (χ1n) is 9.21. The van der Waals surface area contributed by atoms with Crippen LogP contribution in [-0.4, -0.2) is 34.6 Å². The van der Waals surface area contributed by atoms with E-state index in [-0.39, 0.29) is 6.10 Å². The van der Waals surface area contributed by atoms with Crippen molar-refractivity contribution in [2.75, 3.05) is 6.54 Å². The molecule has 3 atom stereocenters. The van der Waals surface area contributed by atoms with Crippen LogP contribution in [0.3, 0.4) is 0 Å². The van der Waals surface area contributed by atoms with E-state index in [2.05, 4.69) is 11.8 Å². The van der Waals surface area contributed by atoms with E-state index in [1.165, 1.54) is 32.1 Å². The zero-order valence-electron chi connectivity index (χ0n) is 13.7. The van der Waals surface area contributed by atoms with Crippen molar-refractivity contribution in [1.82, 2.24) is 4.90 Å². The number of likely N-dealkylation sites (tertiary alicyclic amines) is 1. The maximum Gasteiger partial charge on any atom is 0.222 e. The Morgan fingerprint density at radius 2 is 1.86 bits per heavy atom. The second kappa shape index (κ2) is 8.77. The Morgan fingerprint density at radius 1 is 1.05 bits per heavy atom. The second-order valence-corrected chi connectivity index (χ2v) is 6.98. The SMILES string of the molecule is CCCCCCCC(=O)N1CCCCC1C1CCCC1O. The molecule has 0 radical (unpaired) electrons. The fourth-order valence-electron chi connectivity index (χ4n) is 4.15. The molecule has 2 rings (SSSR count). The zero-order valence-corrected chi connectivity index (χ0v) is 13.7. The topological polar surface area (TPSA) is 40.5 Å². The van der Waals surface area contributed by atoms with Crippen LogP contribution >= 0.6 is 0 Å². The molecule has 2 aliphatic rings. The summed E-state index contributed by atoms with van der Waals surface area (Å²) in [6, 6.07) is 0.319. The number of piperidine rings is 1. The minimum atomic E-state index is -0.173. The number of rotatable bonds is 7. The van der Waals surface area contributed by atoms with Crippen LogP contribution in [-0.2, 0) is 4.79 Å². The van der Waals surface area contributed by atoms with E-state index in [1.54, 1.807) is 0 Å². The molecule has 1 N–H and O–H groups in total. The monoisotopic (exact) mass is 295 g/mol. The Labute approximate surface area is 130 Å². The molecule has 1 amide bonds. The van der Waals surface area contributed by atoms with Gasteiger partial charge < -0.3 is 10.0 Å². The van der Waals surface area contributed by atoms with Crippen molar-refractivity contribution >= 4 is 5.91 Å². The van der Waals surface area contributed by atoms with Gasteiger partial charge in [0.15, 0.2) is 0 Å². The number of carbonyl (C=O) groups excluding carboxylic acids is 1. The van der Waals surface area contributed by atoms with Crippen LogP contribution in [0.1, 0.15) is 84.0 Å². The average Bonchev–Trinajstić information content (AvgIpc) is 2.93. The highest BCUT2D eigenvalue weighted by Crippen LogP contribution is 2.35. The smallest absolute Gasteiger partial charge is 0.222 e. The molecule has 0 spiro atoms. The lowest BCUT2D eigenvalue weighted by Crippen LogP contribution is -2.49. The van der Waals surface area contributed by atoms with Gasteiger partial charge in [-0.05, 0) is 38.5 Å². The summed E-state index contributed by atoms with van der Waals surface area (Å²) in [5.41, 5.74) is 0. The van der Waals surface area contributed by atoms with Crippen LogP contribution in [0.4, 0.5) is 0 Å². The van der Waals surface area contributed by atoms with Crippen LogP contribution in [0.25, 0.3) is 0 Å². The Balaban J connectivity index is 1.81. The Hall–Kier alpha value is -0.570. The standard InChI is InChI=1S/C18H33NO2/c1-2-3-4-5-6-13-18(21)19-14-8-7-11-16(19)15-10-9-12-17(15)20/h15-17,20H,2-14H2,1H3. The summed E-state index contributed by atoms with van der Waals surface area (Å²) in [4.78, 5) is 14.7. The molecule has 0 aromatic heterocycles. The van der Waals surface area contributed by atoms with Gasteiger partial charge in [0.1, 0.15) is 0 Å². The average molecular weight is 295 g/mol. The van der Waals surface area contributed by atoms with Gasteiger partial charge in [-0.15, -0.1) is 0 Å². The van der Waals surface area contributed by atoms with Gasteiger partial charge in [0.25, 0.3) is 0 Å². The van der Waals surface area contributed by atoms with Crippen LogP contribution < -0.4 is 0 Å². The molecule has 122 valence electrons. The molecule has 1 heterocycles. The minimum Gasteiger partial charge on any atom is -0.393 e. The predicted molar refractivity (Wildman–Crippen MR) is 86.1 cm³/mol. The third kappa shape index (κ3) is 4.70. The fourth-order valence-corrected chi connectivity index (χ4v) is 4.15. The number of aliphatic hydroxyl groups is 1. The van der Waals surface area contributed by atoms with Crippen LogP contribution in [0, 0.1) is 5.92 Å². The van der Waals surface area contributed by atoms with Gasteiger partial charge in [-0.1, -0.05) is 39.0 Å². The van der Waals surface area contributed by atoms with E-state index in [4.69, 9.17) is 0 Å². The quantitative estimate of drug-likeness (QED) is 0.724. The van der Waals surface area contributed by atoms with Gasteiger partial charge in [-0.2, -0.15) is 0 Å². The van der Waals surface area contributed by atoms with Crippen molar-refractivity contribution < 1.29 is 9.90 Å². The Kier molecular flexibility index (Phi) is 7.01. The van der Waals surface area contributed by atoms with Gasteiger partial charge in [-0.25, -0.2) is 0 Å². The first-order valence-corrected chi connectivity index (χ1v) is 9.21. The number of hydrogen-bond acceptors (Lipinski definition) is 2. The highest BCUT2D eigenvalue weighted by molar-refractivity contribution is 5.76. The first kappa shape index (κ1) is 16.8. The van der Waals surface area contributed by atoms with E-state index in [1.807, 2.05) is 0 Å². The van der Waals surface area contributed by atoms with Crippen molar-refractivity contribution in [3.05, 3.63) is 0 Å². The van der Waals surface area contributed by atoms with Crippen molar-refractivity contribution in [2.45, 2.75) is 96.1 Å². The zero-order chi connectivity index (χ0) is 15.1. The van der Waals surface area contributed by atoms with Crippen LogP contribution in [0.2, 0.25) is 0 Å². The largest absolute Gasteiger partial charge is 0.393 e. The van der Waals surface area contributed by atoms with E-state index in [9.17, 15) is 9.90 Å². The molecule has 2 fully saturated rings. The van der Waals surface area contributed by atoms with E-state index in [0.717, 1.165) is 45.1 Å². The second-order valence-electron chi connectivity index (χ2n) is 6.98. The molecular weight excluding hydrogens is 262 g/mol. The first-order chi connectivity index (χ1) is 10.2. The molecule has 1 aliphatic carbocycles. The van der Waals surface area contributed by atoms with Gasteiger partial charge in [0, 0.05) is 24.9 Å². The summed E-state index contributed by atoms with van der Waals surface area (Å²) in [6.07, 6.45) is 13.2. The predicted octanol–water partition coefficient (Wildman–Crippen LogP) is 3.89. The Bertz CT molecular complexity index is 318. The molecule has 0 bridgehead atoms. The lowest BCUT2D eigenvalue weighted by Gasteiger charge is -2.40. The number of unbranched alkanes of at least 4 members (excludes halogenated alkanes) is 4. The van der Waals surface area contributed by atoms with Crippen LogP contribution in [0.15, 0.2) is 0 Å². The maximum absolute atomic E-state index is 12.5. The number of hydrogen-bond donors (Lipinski definition) is 1. The molecule has 0 aromatic rings. The third-order valence-corrected chi connectivity index (χ3v) is 5.39. The van der Waals surface area contributed by atoms with Gasteiger partial charge in [0.05, 0.1) is 6.10 Å². The summed E-state index contributed by atoms with van der Waals surface area (Å²) < 4.78 is 0. The lowest BCUT2D eigenvalue weighted by molar-refractivity contribution is -0.137. The number of nitrogens with zero attached hydrogens (tertiary/aromatic N) is 1. The maximum atomic E-state index is 12.5. The summed E-state index contributed by atoms with van der Waals surface area (Å²) >= 11 is 0. The third-order valence-electron chi connectivity index (χ3n) is 5.39. The number of aliphatic hydroxyl groups excluding tert-OH is 1. The minimum absolute atomic E-state index is 0.173. The summed E-state index contributed by atoms with van der Waals surface area (Å²) in [6.45, 7) is 3.14. The van der Waals surface area contributed by atoms with Gasteiger partial charge in [0.2, 0.25) is 5.91 Å². The van der Waals surface area contributed by atoms with Gasteiger partial charge >= 0.3 is 0 Å². The number of carbonyl (C=O) groups is 1. The summed E-state index contributed by atoms with van der Waals surface area (Å²) in [7, 11) is 0. The molecule has 3 nitrogen and oxygen atoms in total. The highest BCUT2D eigenvalue weighted by Gasteiger charge is 2.38. The van der Waals surface area contributed by atoms with E-state index in [0.29, 0.717) is 24.3 Å².